The Kier molecular flexibility index (Phi) is 2.72. The topological polar surface area (TPSA) is 29.3 Å². The van der Waals surface area contributed by atoms with Crippen molar-refractivity contribution < 1.29 is 22.7 Å². The van der Waals surface area contributed by atoms with Crippen molar-refractivity contribution in [2.45, 2.75) is 6.61 Å². The summed E-state index contributed by atoms with van der Waals surface area (Å²) in [5, 5.41) is 0. The van der Waals surface area contributed by atoms with Gasteiger partial charge in [-0.05, 0) is 6.07 Å². The van der Waals surface area contributed by atoms with Gasteiger partial charge < -0.3 is 9.64 Å². The average molecular weight is 231 g/mol. The summed E-state index contributed by atoms with van der Waals surface area (Å²) in [6, 6.07) is 1.11. The summed E-state index contributed by atoms with van der Waals surface area (Å²) in [6.45, 7) is 0.816. The molecule has 86 valence electrons. The summed E-state index contributed by atoms with van der Waals surface area (Å²) in [5.74, 6) is -3.37. The third kappa shape index (κ3) is 2.26. The van der Waals surface area contributed by atoms with Gasteiger partial charge in [0, 0.05) is 24.7 Å². The maximum Gasteiger partial charge on any atom is 0.410 e. The summed E-state index contributed by atoms with van der Waals surface area (Å²) in [7, 11) is 0. The lowest BCUT2D eigenvalue weighted by Gasteiger charge is -2.06. The number of hydrogen-bond acceptors (Lipinski definition) is 2. The maximum atomic E-state index is 13.1. The van der Waals surface area contributed by atoms with E-state index in [1.54, 1.807) is 0 Å². The van der Waals surface area contributed by atoms with Crippen LogP contribution in [0, 0.1) is 17.5 Å². The molecule has 1 aromatic carbocycles. The maximum absolute atomic E-state index is 13.1. The minimum atomic E-state index is -1.27. The molecule has 0 bridgehead atoms. The monoisotopic (exact) mass is 231 g/mol. The van der Waals surface area contributed by atoms with Crippen LogP contribution in [0.15, 0.2) is 12.1 Å². The Hall–Kier alpha value is -1.72. The number of carbonyl (C=O) groups excluding carboxylic acids is 1. The number of halogens is 3. The fraction of sp³-hybridized carbons (Fsp3) is 0.300. The second-order valence-corrected chi connectivity index (χ2v) is 3.40. The zero-order valence-corrected chi connectivity index (χ0v) is 8.17. The van der Waals surface area contributed by atoms with Gasteiger partial charge in [-0.1, -0.05) is 0 Å². The van der Waals surface area contributed by atoms with Gasteiger partial charge in [-0.3, -0.25) is 0 Å². The molecule has 1 aliphatic heterocycles. The van der Waals surface area contributed by atoms with Crippen LogP contribution in [0.25, 0.3) is 0 Å². The molecule has 0 unspecified atom stereocenters. The van der Waals surface area contributed by atoms with E-state index >= 15 is 0 Å². The van der Waals surface area contributed by atoms with Crippen LogP contribution in [-0.4, -0.2) is 24.1 Å². The molecule has 0 saturated carbocycles. The van der Waals surface area contributed by atoms with E-state index in [4.69, 9.17) is 0 Å². The highest BCUT2D eigenvalue weighted by Gasteiger charge is 2.25. The first-order valence-corrected chi connectivity index (χ1v) is 4.63. The van der Waals surface area contributed by atoms with Gasteiger partial charge >= 0.3 is 6.09 Å². The highest BCUT2D eigenvalue weighted by atomic mass is 19.2. The molecule has 6 heteroatoms. The SMILES string of the molecule is O=C(OCc1cc(F)c(F)cc1F)N1CC1. The number of hydrogen-bond donors (Lipinski definition) is 0. The minimum Gasteiger partial charge on any atom is -0.444 e. The Morgan fingerprint density at radius 2 is 1.81 bits per heavy atom. The molecule has 16 heavy (non-hydrogen) atoms. The molecule has 0 N–H and O–H groups in total. The van der Waals surface area contributed by atoms with Gasteiger partial charge in [-0.25, -0.2) is 18.0 Å². The molecule has 0 radical (unpaired) electrons. The molecule has 1 aliphatic rings. The molecule has 1 fully saturated rings. The molecule has 0 spiro atoms. The molecule has 0 aromatic heterocycles. The molecule has 1 heterocycles. The van der Waals surface area contributed by atoms with Crippen LogP contribution in [-0.2, 0) is 11.3 Å². The number of ether oxygens (including phenoxy) is 1. The quantitative estimate of drug-likeness (QED) is 0.576. The predicted molar refractivity (Wildman–Crippen MR) is 48.1 cm³/mol. The lowest BCUT2D eigenvalue weighted by atomic mass is 10.2. The van der Waals surface area contributed by atoms with E-state index < -0.39 is 30.2 Å². The summed E-state index contributed by atoms with van der Waals surface area (Å²) < 4.78 is 43.1. The van der Waals surface area contributed by atoms with E-state index in [0.29, 0.717) is 25.2 Å². The van der Waals surface area contributed by atoms with E-state index in [0.717, 1.165) is 0 Å². The van der Waals surface area contributed by atoms with Crippen LogP contribution in [0.1, 0.15) is 5.56 Å². The Bertz CT molecular complexity index is 432. The van der Waals surface area contributed by atoms with Crippen LogP contribution in [0.5, 0.6) is 0 Å². The second-order valence-electron chi connectivity index (χ2n) is 3.40. The van der Waals surface area contributed by atoms with Crippen LogP contribution in [0.4, 0.5) is 18.0 Å². The van der Waals surface area contributed by atoms with Crippen molar-refractivity contribution in [1.29, 1.82) is 0 Å². The van der Waals surface area contributed by atoms with Crippen LogP contribution < -0.4 is 0 Å². The first-order valence-electron chi connectivity index (χ1n) is 4.63. The summed E-state index contributed by atoms with van der Waals surface area (Å²) >= 11 is 0. The van der Waals surface area contributed by atoms with Crippen LogP contribution in [0.3, 0.4) is 0 Å². The Balaban J connectivity index is 2.03. The molecule has 0 aliphatic carbocycles. The van der Waals surface area contributed by atoms with E-state index in [2.05, 4.69) is 4.74 Å². The van der Waals surface area contributed by atoms with Crippen LogP contribution >= 0.6 is 0 Å². The van der Waals surface area contributed by atoms with Crippen molar-refractivity contribution in [3.8, 4) is 0 Å². The standard InChI is InChI=1S/C10H8F3NO2/c11-7-4-9(13)8(12)3-6(7)5-16-10(15)14-1-2-14/h3-4H,1-2,5H2. The number of carbonyl (C=O) groups is 1. The van der Waals surface area contributed by atoms with Crippen molar-refractivity contribution in [2.24, 2.45) is 0 Å². The fourth-order valence-corrected chi connectivity index (χ4v) is 1.14. The van der Waals surface area contributed by atoms with Gasteiger partial charge in [0.15, 0.2) is 11.6 Å². The Labute approximate surface area is 89.4 Å². The third-order valence-electron chi connectivity index (χ3n) is 2.15. The van der Waals surface area contributed by atoms with Crippen LogP contribution in [0.2, 0.25) is 0 Å². The molecule has 1 amide bonds. The minimum absolute atomic E-state index is 0.186. The smallest absolute Gasteiger partial charge is 0.410 e. The lowest BCUT2D eigenvalue weighted by molar-refractivity contribution is 0.123. The largest absolute Gasteiger partial charge is 0.444 e. The summed E-state index contributed by atoms with van der Waals surface area (Å²) in [4.78, 5) is 12.4. The van der Waals surface area contributed by atoms with Gasteiger partial charge in [0.1, 0.15) is 12.4 Å². The van der Waals surface area contributed by atoms with E-state index in [-0.39, 0.29) is 5.56 Å². The zero-order valence-electron chi connectivity index (χ0n) is 8.17. The Morgan fingerprint density at radius 3 is 2.44 bits per heavy atom. The zero-order chi connectivity index (χ0) is 11.7. The summed E-state index contributed by atoms with van der Waals surface area (Å²) in [6.07, 6.45) is -0.580. The highest BCUT2D eigenvalue weighted by Crippen LogP contribution is 2.15. The van der Waals surface area contributed by atoms with Gasteiger partial charge in [-0.2, -0.15) is 0 Å². The molecule has 0 atom stereocenters. The van der Waals surface area contributed by atoms with Crippen molar-refractivity contribution in [2.75, 3.05) is 13.1 Å². The number of benzene rings is 1. The summed E-state index contributed by atoms with van der Waals surface area (Å²) in [5.41, 5.74) is -0.186. The van der Waals surface area contributed by atoms with Gasteiger partial charge in [0.2, 0.25) is 0 Å². The van der Waals surface area contributed by atoms with E-state index in [1.165, 1.54) is 4.90 Å². The molecule has 2 rings (SSSR count). The first-order chi connectivity index (χ1) is 7.58. The van der Waals surface area contributed by atoms with Crippen molar-refractivity contribution in [1.82, 2.24) is 4.90 Å². The number of rotatable bonds is 2. The third-order valence-corrected chi connectivity index (χ3v) is 2.15. The predicted octanol–water partition coefficient (Wildman–Crippen LogP) is 2.06. The number of nitrogens with zero attached hydrogens (tertiary/aromatic N) is 1. The van der Waals surface area contributed by atoms with Gasteiger partial charge in [0.25, 0.3) is 0 Å². The van der Waals surface area contributed by atoms with E-state index in [1.807, 2.05) is 0 Å². The van der Waals surface area contributed by atoms with Gasteiger partial charge in [-0.15, -0.1) is 0 Å². The molecule has 3 nitrogen and oxygen atoms in total. The van der Waals surface area contributed by atoms with Crippen molar-refractivity contribution in [3.05, 3.63) is 35.1 Å². The average Bonchev–Trinajstić information content (AvgIpc) is 3.04. The van der Waals surface area contributed by atoms with Gasteiger partial charge in [0.05, 0.1) is 0 Å². The molecular formula is C10H8F3NO2. The Morgan fingerprint density at radius 1 is 1.19 bits per heavy atom. The molecule has 1 saturated heterocycles. The fourth-order valence-electron chi connectivity index (χ4n) is 1.14. The van der Waals surface area contributed by atoms with E-state index in [9.17, 15) is 18.0 Å². The lowest BCUT2D eigenvalue weighted by Crippen LogP contribution is -2.13. The normalized spacial score (nSPS) is 13.8. The van der Waals surface area contributed by atoms with Crippen molar-refractivity contribution in [3.63, 3.8) is 0 Å². The second kappa shape index (κ2) is 4.03. The first kappa shape index (κ1) is 10.8. The molecular weight excluding hydrogens is 223 g/mol. The molecule has 1 aromatic rings. The van der Waals surface area contributed by atoms with Crippen molar-refractivity contribution >= 4 is 6.09 Å². The number of amides is 1. The highest BCUT2D eigenvalue weighted by molar-refractivity contribution is 5.69.